The number of fused-ring (bicyclic) bond motifs is 1. The molecular formula is C9H6BrN2O. The number of primary amides is 1. The highest BCUT2D eigenvalue weighted by molar-refractivity contribution is 9.10. The summed E-state index contributed by atoms with van der Waals surface area (Å²) >= 11 is 3.33. The quantitative estimate of drug-likeness (QED) is 0.792. The lowest BCUT2D eigenvalue weighted by atomic mass is 10.2. The fraction of sp³-hybridized carbons (Fsp3) is 0. The number of nitrogens with zero attached hydrogens (tertiary/aromatic N) is 1. The summed E-state index contributed by atoms with van der Waals surface area (Å²) in [6.45, 7) is 0. The van der Waals surface area contributed by atoms with Gasteiger partial charge in [0.2, 0.25) is 0 Å². The Labute approximate surface area is 83.7 Å². The van der Waals surface area contributed by atoms with Crippen molar-refractivity contribution >= 4 is 33.6 Å². The maximum absolute atomic E-state index is 10.8. The van der Waals surface area contributed by atoms with Crippen molar-refractivity contribution in [2.75, 3.05) is 0 Å². The lowest BCUT2D eigenvalue weighted by Crippen LogP contribution is -2.16. The lowest BCUT2D eigenvalue weighted by molar-refractivity contribution is -0.114. The van der Waals surface area contributed by atoms with Gasteiger partial charge in [-0.1, -0.05) is 15.9 Å². The number of hydrogen-bond acceptors (Lipinski definition) is 1. The Morgan fingerprint density at radius 2 is 2.23 bits per heavy atom. The highest BCUT2D eigenvalue weighted by atomic mass is 79.9. The number of carbonyl (C=O) groups is 1. The van der Waals surface area contributed by atoms with E-state index < -0.39 is 5.91 Å². The minimum Gasteiger partial charge on any atom is -0.364 e. The summed E-state index contributed by atoms with van der Waals surface area (Å²) in [5, 5.41) is 4.06. The standard InChI is InChI=1S/C9H6BrN2O/c10-6-1-2-7-5(3-6)4-8(12-7)9(11)13/h1-4H,(H2,11,13). The molecule has 0 aromatic heterocycles. The second-order valence-electron chi connectivity index (χ2n) is 2.71. The summed E-state index contributed by atoms with van der Waals surface area (Å²) in [6, 6.07) is 5.61. The number of nitrogens with two attached hydrogens (primary N) is 1. The minimum absolute atomic E-state index is 0.313. The first kappa shape index (κ1) is 8.31. The Hall–Kier alpha value is -1.29. The molecule has 1 radical (unpaired) electrons. The topological polar surface area (TPSA) is 57.2 Å². The molecule has 0 saturated carbocycles. The van der Waals surface area contributed by atoms with E-state index in [1.165, 1.54) is 0 Å². The van der Waals surface area contributed by atoms with Gasteiger partial charge in [-0.05, 0) is 24.3 Å². The van der Waals surface area contributed by atoms with Crippen LogP contribution in [0.2, 0.25) is 0 Å². The third kappa shape index (κ3) is 1.45. The highest BCUT2D eigenvalue weighted by Crippen LogP contribution is 2.29. The van der Waals surface area contributed by atoms with E-state index in [4.69, 9.17) is 5.73 Å². The van der Waals surface area contributed by atoms with Gasteiger partial charge in [-0.2, -0.15) is 0 Å². The predicted octanol–water partition coefficient (Wildman–Crippen LogP) is 1.52. The van der Waals surface area contributed by atoms with Gasteiger partial charge in [-0.25, -0.2) is 5.32 Å². The molecule has 1 aliphatic heterocycles. The van der Waals surface area contributed by atoms with Crippen LogP contribution in [0.1, 0.15) is 5.56 Å². The average Bonchev–Trinajstić information content (AvgIpc) is 2.46. The third-order valence-corrected chi connectivity index (χ3v) is 2.27. The molecular weight excluding hydrogens is 232 g/mol. The molecule has 4 heteroatoms. The molecule has 13 heavy (non-hydrogen) atoms. The Balaban J connectivity index is 2.43. The van der Waals surface area contributed by atoms with E-state index in [2.05, 4.69) is 21.2 Å². The molecule has 3 nitrogen and oxygen atoms in total. The van der Waals surface area contributed by atoms with E-state index >= 15 is 0 Å². The largest absolute Gasteiger partial charge is 0.364 e. The first-order chi connectivity index (χ1) is 6.16. The number of halogens is 1. The fourth-order valence-electron chi connectivity index (χ4n) is 1.18. The van der Waals surface area contributed by atoms with Crippen molar-refractivity contribution in [1.82, 2.24) is 5.32 Å². The summed E-state index contributed by atoms with van der Waals surface area (Å²) in [7, 11) is 0. The molecule has 0 unspecified atom stereocenters. The Kier molecular flexibility index (Phi) is 1.84. The van der Waals surface area contributed by atoms with Gasteiger partial charge >= 0.3 is 0 Å². The van der Waals surface area contributed by atoms with Crippen molar-refractivity contribution < 1.29 is 4.79 Å². The summed E-state index contributed by atoms with van der Waals surface area (Å²) in [5.74, 6) is -0.493. The van der Waals surface area contributed by atoms with Crippen LogP contribution in [-0.4, -0.2) is 5.91 Å². The van der Waals surface area contributed by atoms with Crippen LogP contribution in [0.15, 0.2) is 28.4 Å². The predicted molar refractivity (Wildman–Crippen MR) is 53.1 cm³/mol. The van der Waals surface area contributed by atoms with Gasteiger partial charge in [0, 0.05) is 10.0 Å². The molecule has 0 aliphatic carbocycles. The average molecular weight is 238 g/mol. The van der Waals surface area contributed by atoms with Crippen molar-refractivity contribution in [2.45, 2.75) is 0 Å². The normalized spacial score (nSPS) is 13.2. The van der Waals surface area contributed by atoms with Crippen LogP contribution >= 0.6 is 15.9 Å². The van der Waals surface area contributed by atoms with Crippen molar-refractivity contribution in [3.05, 3.63) is 33.9 Å². The van der Waals surface area contributed by atoms with Gasteiger partial charge in [-0.3, -0.25) is 4.79 Å². The van der Waals surface area contributed by atoms with Crippen LogP contribution in [0.25, 0.3) is 6.08 Å². The molecule has 1 aromatic rings. The molecule has 2 N–H and O–H groups in total. The van der Waals surface area contributed by atoms with Crippen molar-refractivity contribution in [1.29, 1.82) is 0 Å². The molecule has 2 rings (SSSR count). The van der Waals surface area contributed by atoms with E-state index in [-0.39, 0.29) is 0 Å². The first-order valence-corrected chi connectivity index (χ1v) is 4.49. The molecule has 0 spiro atoms. The molecule has 1 heterocycles. The van der Waals surface area contributed by atoms with Crippen molar-refractivity contribution in [3.63, 3.8) is 0 Å². The summed E-state index contributed by atoms with van der Waals surface area (Å²) < 4.78 is 0.962. The fourth-order valence-corrected chi connectivity index (χ4v) is 1.56. The summed E-state index contributed by atoms with van der Waals surface area (Å²) in [6.07, 6.45) is 1.68. The molecule has 1 aliphatic rings. The molecule has 0 fully saturated rings. The van der Waals surface area contributed by atoms with Gasteiger partial charge in [0.1, 0.15) is 5.70 Å². The van der Waals surface area contributed by atoms with Gasteiger partial charge in [0.25, 0.3) is 5.91 Å². The SMILES string of the molecule is NC(=O)C1=Cc2cc(Br)ccc2[N]1. The zero-order valence-electron chi connectivity index (χ0n) is 6.62. The second kappa shape index (κ2) is 2.88. The minimum atomic E-state index is -0.493. The van der Waals surface area contributed by atoms with Crippen LogP contribution in [0.3, 0.4) is 0 Å². The van der Waals surface area contributed by atoms with E-state index in [0.717, 1.165) is 15.7 Å². The number of carbonyl (C=O) groups excluding carboxylic acids is 1. The van der Waals surface area contributed by atoms with Crippen LogP contribution in [0.5, 0.6) is 0 Å². The van der Waals surface area contributed by atoms with Crippen LogP contribution in [-0.2, 0) is 4.79 Å². The number of rotatable bonds is 1. The molecule has 1 aromatic carbocycles. The number of hydrogen-bond donors (Lipinski definition) is 1. The molecule has 0 bridgehead atoms. The van der Waals surface area contributed by atoms with E-state index in [1.54, 1.807) is 6.08 Å². The van der Waals surface area contributed by atoms with Crippen LogP contribution in [0.4, 0.5) is 5.69 Å². The van der Waals surface area contributed by atoms with Gasteiger partial charge < -0.3 is 5.73 Å². The lowest BCUT2D eigenvalue weighted by Gasteiger charge is -1.97. The monoisotopic (exact) mass is 237 g/mol. The smallest absolute Gasteiger partial charge is 0.267 e. The zero-order valence-corrected chi connectivity index (χ0v) is 8.21. The van der Waals surface area contributed by atoms with Crippen molar-refractivity contribution in [2.24, 2.45) is 5.73 Å². The zero-order chi connectivity index (χ0) is 9.42. The third-order valence-electron chi connectivity index (χ3n) is 1.78. The van der Waals surface area contributed by atoms with Crippen molar-refractivity contribution in [3.8, 4) is 0 Å². The maximum atomic E-state index is 10.8. The van der Waals surface area contributed by atoms with Gasteiger partial charge in [0.05, 0.1) is 5.69 Å². The van der Waals surface area contributed by atoms with Crippen LogP contribution in [0, 0.1) is 0 Å². The Bertz CT molecular complexity index is 412. The maximum Gasteiger partial charge on any atom is 0.267 e. The molecule has 0 saturated heterocycles. The molecule has 0 atom stereocenters. The highest BCUT2D eigenvalue weighted by Gasteiger charge is 2.17. The number of benzene rings is 1. The van der Waals surface area contributed by atoms with E-state index in [9.17, 15) is 4.79 Å². The first-order valence-electron chi connectivity index (χ1n) is 3.69. The number of amides is 1. The van der Waals surface area contributed by atoms with Gasteiger partial charge in [-0.15, -0.1) is 0 Å². The second-order valence-corrected chi connectivity index (χ2v) is 3.62. The van der Waals surface area contributed by atoms with E-state index in [1.807, 2.05) is 18.2 Å². The Morgan fingerprint density at radius 1 is 1.46 bits per heavy atom. The molecule has 65 valence electrons. The van der Waals surface area contributed by atoms with Gasteiger partial charge in [0.15, 0.2) is 0 Å². The Morgan fingerprint density at radius 3 is 2.92 bits per heavy atom. The summed E-state index contributed by atoms with van der Waals surface area (Å²) in [5.41, 5.74) is 7.12. The molecule has 1 amide bonds. The summed E-state index contributed by atoms with van der Waals surface area (Å²) in [4.78, 5) is 10.8. The van der Waals surface area contributed by atoms with E-state index in [0.29, 0.717) is 5.70 Å². The van der Waals surface area contributed by atoms with Crippen LogP contribution < -0.4 is 11.1 Å².